The number of likely N-dealkylation sites (tertiary alicyclic amines) is 1. The molecule has 2 N–H and O–H groups in total. The minimum absolute atomic E-state index is 0.0239. The molecule has 2 saturated heterocycles. The Morgan fingerprint density at radius 3 is 2.24 bits per heavy atom. The topological polar surface area (TPSA) is 44.4 Å². The van der Waals surface area contributed by atoms with Gasteiger partial charge in [0, 0.05) is 24.7 Å². The van der Waals surface area contributed by atoms with E-state index in [-0.39, 0.29) is 24.0 Å². The molecule has 2 aliphatic rings. The average Bonchev–Trinajstić information content (AvgIpc) is 2.70. The van der Waals surface area contributed by atoms with Crippen LogP contribution in [0.2, 0.25) is 0 Å². The lowest BCUT2D eigenvalue weighted by molar-refractivity contribution is -0.137. The summed E-state index contributed by atoms with van der Waals surface area (Å²) in [6, 6.07) is 12.7. The summed E-state index contributed by atoms with van der Waals surface area (Å²) in [7, 11) is 0. The van der Waals surface area contributed by atoms with Crippen molar-refractivity contribution in [3.8, 4) is 0 Å². The number of urea groups is 1. The maximum atomic E-state index is 12.8. The third kappa shape index (κ3) is 3.74. The maximum Gasteiger partial charge on any atom is 0.416 e. The first-order chi connectivity index (χ1) is 13.9. The number of benzene rings is 2. The second-order valence-corrected chi connectivity index (χ2v) is 7.40. The molecule has 7 heteroatoms. The van der Waals surface area contributed by atoms with Gasteiger partial charge in [0.1, 0.15) is 0 Å². The number of piperazine rings is 1. The molecule has 29 heavy (non-hydrogen) atoms. The summed E-state index contributed by atoms with van der Waals surface area (Å²) in [5.74, 6) is 0.259. The number of nitrogens with zero attached hydrogens (tertiary/aromatic N) is 1. The number of anilines is 1. The summed E-state index contributed by atoms with van der Waals surface area (Å²) < 4.78 is 38.1. The molecule has 2 heterocycles. The number of carbonyl (C=O) groups is 1. The minimum atomic E-state index is -4.39. The van der Waals surface area contributed by atoms with Gasteiger partial charge in [-0.1, -0.05) is 36.4 Å². The van der Waals surface area contributed by atoms with E-state index in [9.17, 15) is 18.0 Å². The molecule has 4 nitrogen and oxygen atoms in total. The van der Waals surface area contributed by atoms with Crippen LogP contribution in [0.1, 0.15) is 29.5 Å². The third-order valence-electron chi connectivity index (χ3n) is 5.63. The van der Waals surface area contributed by atoms with Crippen molar-refractivity contribution in [2.75, 3.05) is 18.4 Å². The Hall–Kier alpha value is -2.80. The van der Waals surface area contributed by atoms with Gasteiger partial charge >= 0.3 is 12.2 Å². The van der Waals surface area contributed by atoms with Crippen LogP contribution in [0, 0.1) is 0 Å². The predicted octanol–water partition coefficient (Wildman–Crippen LogP) is 4.71. The van der Waals surface area contributed by atoms with E-state index < -0.39 is 11.7 Å². The highest BCUT2D eigenvalue weighted by atomic mass is 19.4. The van der Waals surface area contributed by atoms with E-state index in [2.05, 4.69) is 34.9 Å². The molecule has 2 amide bonds. The van der Waals surface area contributed by atoms with Crippen LogP contribution in [0.25, 0.3) is 6.08 Å². The van der Waals surface area contributed by atoms with Gasteiger partial charge in [-0.2, -0.15) is 13.2 Å². The number of hydrogen-bond acceptors (Lipinski definition) is 2. The van der Waals surface area contributed by atoms with E-state index >= 15 is 0 Å². The van der Waals surface area contributed by atoms with Crippen molar-refractivity contribution in [1.82, 2.24) is 10.2 Å². The van der Waals surface area contributed by atoms with Crippen molar-refractivity contribution >= 4 is 17.8 Å². The molecule has 0 saturated carbocycles. The molecule has 0 spiro atoms. The number of hydrogen-bond donors (Lipinski definition) is 2. The molecule has 2 aromatic carbocycles. The van der Waals surface area contributed by atoms with Gasteiger partial charge in [0.2, 0.25) is 0 Å². The normalized spacial score (nSPS) is 23.7. The molecule has 2 fully saturated rings. The first kappa shape index (κ1) is 19.5. The molecule has 1 unspecified atom stereocenters. The van der Waals surface area contributed by atoms with Crippen LogP contribution in [0.15, 0.2) is 54.6 Å². The van der Waals surface area contributed by atoms with E-state index in [1.54, 1.807) is 4.90 Å². The van der Waals surface area contributed by atoms with Gasteiger partial charge in [-0.15, -0.1) is 0 Å². The number of amides is 2. The highest BCUT2D eigenvalue weighted by Crippen LogP contribution is 2.43. The second-order valence-electron chi connectivity index (χ2n) is 7.40. The summed E-state index contributed by atoms with van der Waals surface area (Å²) in [6.45, 7) is 3.36. The molecule has 3 atom stereocenters. The first-order valence-electron chi connectivity index (χ1n) is 9.58. The van der Waals surface area contributed by atoms with Crippen molar-refractivity contribution < 1.29 is 18.0 Å². The van der Waals surface area contributed by atoms with Crippen molar-refractivity contribution in [2.24, 2.45) is 0 Å². The Bertz CT molecular complexity index is 894. The monoisotopic (exact) mass is 401 g/mol. The Balaban J connectivity index is 1.45. The van der Waals surface area contributed by atoms with E-state index in [1.807, 2.05) is 19.1 Å². The van der Waals surface area contributed by atoms with Crippen molar-refractivity contribution in [2.45, 2.75) is 31.1 Å². The zero-order chi connectivity index (χ0) is 20.6. The molecule has 4 rings (SSSR count). The number of rotatable bonds is 3. The third-order valence-corrected chi connectivity index (χ3v) is 5.63. The lowest BCUT2D eigenvalue weighted by Gasteiger charge is -2.59. The smallest absolute Gasteiger partial charge is 0.315 e. The van der Waals surface area contributed by atoms with Crippen LogP contribution < -0.4 is 10.6 Å². The molecular weight excluding hydrogens is 379 g/mol. The Kier molecular flexibility index (Phi) is 5.08. The number of carbonyl (C=O) groups excluding carboxylic acids is 1. The van der Waals surface area contributed by atoms with E-state index in [0.29, 0.717) is 18.8 Å². The summed E-state index contributed by atoms with van der Waals surface area (Å²) >= 11 is 0. The van der Waals surface area contributed by atoms with Gasteiger partial charge in [-0.05, 0) is 42.3 Å². The van der Waals surface area contributed by atoms with Gasteiger partial charge in [-0.3, -0.25) is 0 Å². The Morgan fingerprint density at radius 1 is 1.07 bits per heavy atom. The van der Waals surface area contributed by atoms with Gasteiger partial charge in [0.25, 0.3) is 0 Å². The molecule has 152 valence electrons. The van der Waals surface area contributed by atoms with Crippen LogP contribution in [0.5, 0.6) is 0 Å². The first-order valence-corrected chi connectivity index (χ1v) is 9.58. The van der Waals surface area contributed by atoms with E-state index in [4.69, 9.17) is 0 Å². The minimum Gasteiger partial charge on any atom is -0.315 e. The van der Waals surface area contributed by atoms with E-state index in [1.165, 1.54) is 17.7 Å². The second kappa shape index (κ2) is 7.55. The van der Waals surface area contributed by atoms with Gasteiger partial charge in [0.15, 0.2) is 0 Å². The largest absolute Gasteiger partial charge is 0.416 e. The zero-order valence-corrected chi connectivity index (χ0v) is 15.9. The fraction of sp³-hybridized carbons (Fsp3) is 0.318. The number of allylic oxidation sites excluding steroid dienone is 1. The zero-order valence-electron chi connectivity index (χ0n) is 15.9. The predicted molar refractivity (Wildman–Crippen MR) is 107 cm³/mol. The Morgan fingerprint density at radius 2 is 1.69 bits per heavy atom. The quantitative estimate of drug-likeness (QED) is 0.782. The number of alkyl halides is 3. The van der Waals surface area contributed by atoms with Crippen molar-refractivity contribution in [3.63, 3.8) is 0 Å². The lowest BCUT2D eigenvalue weighted by atomic mass is 9.72. The van der Waals surface area contributed by atoms with Crippen LogP contribution in [-0.4, -0.2) is 36.1 Å². The summed E-state index contributed by atoms with van der Waals surface area (Å²) in [5, 5.41) is 6.06. The molecule has 2 aliphatic heterocycles. The highest BCUT2D eigenvalue weighted by molar-refractivity contribution is 5.91. The van der Waals surface area contributed by atoms with Crippen LogP contribution in [0.3, 0.4) is 0 Å². The Labute approximate surface area is 167 Å². The van der Waals surface area contributed by atoms with Crippen molar-refractivity contribution in [1.29, 1.82) is 0 Å². The van der Waals surface area contributed by atoms with Crippen LogP contribution in [0.4, 0.5) is 23.7 Å². The number of fused-ring (bicyclic) bond motifs is 2. The molecular formula is C22H22F3N3O. The van der Waals surface area contributed by atoms with Crippen LogP contribution in [-0.2, 0) is 6.18 Å². The van der Waals surface area contributed by atoms with Gasteiger partial charge in [0.05, 0.1) is 17.6 Å². The standard InChI is InChI=1S/C22H22F3N3O/c1-2-3-14-4-6-15(7-5-14)20-18-12-26-13-19(20)28(18)21(29)27-17-10-8-16(9-11-17)22(23,24)25/h2-11,18-20,26H,12-13H2,1H3,(H,27,29)/b3-2+/t18-,19+,20?. The maximum absolute atomic E-state index is 12.8. The fourth-order valence-corrected chi connectivity index (χ4v) is 4.27. The number of piperidine rings is 1. The highest BCUT2D eigenvalue weighted by Gasteiger charge is 2.53. The molecule has 0 aromatic heterocycles. The fourth-order valence-electron chi connectivity index (χ4n) is 4.27. The molecule has 2 aromatic rings. The van der Waals surface area contributed by atoms with Gasteiger partial charge < -0.3 is 15.5 Å². The van der Waals surface area contributed by atoms with Gasteiger partial charge in [-0.25, -0.2) is 4.79 Å². The summed E-state index contributed by atoms with van der Waals surface area (Å²) in [6.07, 6.45) is -0.362. The summed E-state index contributed by atoms with van der Waals surface area (Å²) in [5.41, 5.74) is 1.96. The lowest BCUT2D eigenvalue weighted by Crippen LogP contribution is -2.74. The number of halogens is 3. The molecule has 0 aliphatic carbocycles. The van der Waals surface area contributed by atoms with Crippen molar-refractivity contribution in [3.05, 3.63) is 71.3 Å². The molecule has 2 bridgehead atoms. The number of nitrogens with one attached hydrogen (secondary N) is 2. The molecule has 0 radical (unpaired) electrons. The van der Waals surface area contributed by atoms with Crippen LogP contribution >= 0.6 is 0 Å². The van der Waals surface area contributed by atoms with E-state index in [0.717, 1.165) is 17.7 Å². The average molecular weight is 401 g/mol. The summed E-state index contributed by atoms with van der Waals surface area (Å²) in [4.78, 5) is 14.6. The SMILES string of the molecule is C/C=C/c1ccc(C2[C@H]3CNC[C@@H]2N3C(=O)Nc2ccc(C(F)(F)F)cc2)cc1.